The Morgan fingerprint density at radius 2 is 2.00 bits per heavy atom. The molecule has 0 unspecified atom stereocenters. The van der Waals surface area contributed by atoms with Gasteiger partial charge in [0.05, 0.1) is 23.0 Å². The first-order valence-corrected chi connectivity index (χ1v) is 5.62. The zero-order valence-corrected chi connectivity index (χ0v) is 10.2. The summed E-state index contributed by atoms with van der Waals surface area (Å²) in [5.74, 6) is 0. The van der Waals surface area contributed by atoms with Gasteiger partial charge in [-0.25, -0.2) is 0 Å². The number of nitrogens with one attached hydrogen (secondary N) is 1. The molecule has 3 heteroatoms. The molecule has 86 valence electrons. The molecule has 0 heterocycles. The molecule has 3 nitrogen and oxygen atoms in total. The molecule has 0 radical (unpaired) electrons. The summed E-state index contributed by atoms with van der Waals surface area (Å²) in [5.41, 5.74) is 8.09. The maximum Gasteiger partial charge on any atom is 0.0992 e. The van der Waals surface area contributed by atoms with Gasteiger partial charge in [-0.15, -0.1) is 0 Å². The lowest BCUT2D eigenvalue weighted by molar-refractivity contribution is 0.479. The molecule has 1 aromatic rings. The van der Waals surface area contributed by atoms with E-state index in [-0.39, 0.29) is 5.54 Å². The van der Waals surface area contributed by atoms with Crippen molar-refractivity contribution in [3.8, 4) is 6.07 Å². The molecular weight excluding hydrogens is 198 g/mol. The Labute approximate surface area is 97.3 Å². The molecule has 0 saturated heterocycles. The maximum atomic E-state index is 8.85. The summed E-state index contributed by atoms with van der Waals surface area (Å²) in [6.07, 6.45) is 2.03. The average Bonchev–Trinajstić information content (AvgIpc) is 2.32. The second-order valence-corrected chi connectivity index (χ2v) is 4.31. The Morgan fingerprint density at radius 1 is 1.38 bits per heavy atom. The van der Waals surface area contributed by atoms with E-state index < -0.39 is 0 Å². The van der Waals surface area contributed by atoms with Crippen LogP contribution in [0.5, 0.6) is 0 Å². The fourth-order valence-electron chi connectivity index (χ4n) is 1.49. The van der Waals surface area contributed by atoms with Crippen LogP contribution >= 0.6 is 0 Å². The van der Waals surface area contributed by atoms with Crippen molar-refractivity contribution in [1.82, 2.24) is 0 Å². The van der Waals surface area contributed by atoms with Crippen molar-refractivity contribution in [3.63, 3.8) is 0 Å². The first-order valence-electron chi connectivity index (χ1n) is 5.62. The molecule has 0 bridgehead atoms. The number of nitrogen functional groups attached to an aromatic ring is 1. The molecule has 0 aliphatic heterocycles. The normalized spacial score (nSPS) is 10.9. The van der Waals surface area contributed by atoms with Crippen LogP contribution in [0, 0.1) is 11.3 Å². The number of hydrogen-bond acceptors (Lipinski definition) is 3. The molecule has 0 aliphatic rings. The van der Waals surface area contributed by atoms with E-state index in [1.54, 1.807) is 18.2 Å². The van der Waals surface area contributed by atoms with Gasteiger partial charge in [-0.1, -0.05) is 13.8 Å². The smallest absolute Gasteiger partial charge is 0.0992 e. The minimum atomic E-state index is 0.0300. The van der Waals surface area contributed by atoms with E-state index in [0.717, 1.165) is 18.5 Å². The number of hydrogen-bond donors (Lipinski definition) is 2. The van der Waals surface area contributed by atoms with Gasteiger partial charge >= 0.3 is 0 Å². The second-order valence-electron chi connectivity index (χ2n) is 4.31. The summed E-state index contributed by atoms with van der Waals surface area (Å²) in [6.45, 7) is 6.44. The molecule has 3 N–H and O–H groups in total. The largest absolute Gasteiger partial charge is 0.397 e. The quantitative estimate of drug-likeness (QED) is 0.762. The highest BCUT2D eigenvalue weighted by atomic mass is 15.0. The first kappa shape index (κ1) is 12.4. The molecule has 0 aliphatic carbocycles. The number of nitriles is 1. The van der Waals surface area contributed by atoms with E-state index in [9.17, 15) is 0 Å². The summed E-state index contributed by atoms with van der Waals surface area (Å²) in [6, 6.07) is 7.43. The Balaban J connectivity index is 3.01. The minimum absolute atomic E-state index is 0.0300. The van der Waals surface area contributed by atoms with Crippen molar-refractivity contribution >= 4 is 11.4 Å². The summed E-state index contributed by atoms with van der Waals surface area (Å²) in [4.78, 5) is 0. The number of anilines is 2. The van der Waals surface area contributed by atoms with Crippen LogP contribution in [0.1, 0.15) is 39.2 Å². The molecule has 1 aromatic carbocycles. The third-order valence-electron chi connectivity index (χ3n) is 3.18. The van der Waals surface area contributed by atoms with Crippen molar-refractivity contribution < 1.29 is 0 Å². The van der Waals surface area contributed by atoms with Crippen LogP contribution in [0.4, 0.5) is 11.4 Å². The van der Waals surface area contributed by atoms with Gasteiger partial charge in [0.15, 0.2) is 0 Å². The van der Waals surface area contributed by atoms with Crippen LogP contribution in [0.2, 0.25) is 0 Å². The Hall–Kier alpha value is -1.69. The number of nitrogens with two attached hydrogens (primary N) is 1. The Kier molecular flexibility index (Phi) is 3.78. The van der Waals surface area contributed by atoms with Crippen LogP contribution in [0.3, 0.4) is 0 Å². The lowest BCUT2D eigenvalue weighted by Gasteiger charge is -2.30. The monoisotopic (exact) mass is 217 g/mol. The molecule has 16 heavy (non-hydrogen) atoms. The highest BCUT2D eigenvalue weighted by Crippen LogP contribution is 2.26. The van der Waals surface area contributed by atoms with Gasteiger partial charge in [0, 0.05) is 5.54 Å². The Bertz CT molecular complexity index is 400. The molecule has 0 fully saturated rings. The summed E-state index contributed by atoms with van der Waals surface area (Å²) in [5, 5.41) is 12.3. The van der Waals surface area contributed by atoms with Crippen LogP contribution < -0.4 is 11.1 Å². The number of nitrogens with zero attached hydrogens (tertiary/aromatic N) is 1. The third-order valence-corrected chi connectivity index (χ3v) is 3.18. The summed E-state index contributed by atoms with van der Waals surface area (Å²) >= 11 is 0. The average molecular weight is 217 g/mol. The SMILES string of the molecule is CCC(C)(CC)Nc1cc(C#N)ccc1N. The molecule has 0 spiro atoms. The fraction of sp³-hybridized carbons (Fsp3) is 0.462. The van der Waals surface area contributed by atoms with Crippen molar-refractivity contribution in [2.75, 3.05) is 11.1 Å². The van der Waals surface area contributed by atoms with Crippen LogP contribution in [0.15, 0.2) is 18.2 Å². The van der Waals surface area contributed by atoms with E-state index in [1.807, 2.05) is 0 Å². The highest BCUT2D eigenvalue weighted by molar-refractivity contribution is 5.69. The lowest BCUT2D eigenvalue weighted by Crippen LogP contribution is -2.33. The van der Waals surface area contributed by atoms with E-state index in [4.69, 9.17) is 11.0 Å². The molecule has 0 atom stereocenters. The van der Waals surface area contributed by atoms with Gasteiger partial charge in [-0.05, 0) is 38.0 Å². The molecule has 0 aromatic heterocycles. The fourth-order valence-corrected chi connectivity index (χ4v) is 1.49. The van der Waals surface area contributed by atoms with Gasteiger partial charge in [0.2, 0.25) is 0 Å². The predicted molar refractivity (Wildman–Crippen MR) is 68.2 cm³/mol. The summed E-state index contributed by atoms with van der Waals surface area (Å²) in [7, 11) is 0. The number of benzene rings is 1. The third kappa shape index (κ3) is 2.66. The topological polar surface area (TPSA) is 61.8 Å². The van der Waals surface area contributed by atoms with Crippen LogP contribution in [-0.4, -0.2) is 5.54 Å². The highest BCUT2D eigenvalue weighted by Gasteiger charge is 2.19. The zero-order chi connectivity index (χ0) is 12.2. The lowest BCUT2D eigenvalue weighted by atomic mass is 9.95. The van der Waals surface area contributed by atoms with E-state index in [0.29, 0.717) is 11.3 Å². The molecule has 0 amide bonds. The Morgan fingerprint density at radius 3 is 2.50 bits per heavy atom. The molecule has 0 saturated carbocycles. The summed E-state index contributed by atoms with van der Waals surface area (Å²) < 4.78 is 0. The zero-order valence-electron chi connectivity index (χ0n) is 10.2. The molecule has 1 rings (SSSR count). The second kappa shape index (κ2) is 4.89. The van der Waals surface area contributed by atoms with E-state index in [1.165, 1.54) is 0 Å². The first-order chi connectivity index (χ1) is 7.54. The van der Waals surface area contributed by atoms with E-state index >= 15 is 0 Å². The van der Waals surface area contributed by atoms with E-state index in [2.05, 4.69) is 32.2 Å². The number of rotatable bonds is 4. The standard InChI is InChI=1S/C13H19N3/c1-4-13(3,5-2)16-12-8-10(9-14)6-7-11(12)15/h6-8,16H,4-5,15H2,1-3H3. The minimum Gasteiger partial charge on any atom is -0.397 e. The van der Waals surface area contributed by atoms with Gasteiger partial charge in [-0.2, -0.15) is 5.26 Å². The van der Waals surface area contributed by atoms with Gasteiger partial charge in [-0.3, -0.25) is 0 Å². The van der Waals surface area contributed by atoms with Crippen LogP contribution in [0.25, 0.3) is 0 Å². The van der Waals surface area contributed by atoms with Crippen molar-refractivity contribution in [2.24, 2.45) is 0 Å². The predicted octanol–water partition coefficient (Wildman–Crippen LogP) is 3.13. The van der Waals surface area contributed by atoms with Gasteiger partial charge in [0.25, 0.3) is 0 Å². The van der Waals surface area contributed by atoms with Crippen molar-refractivity contribution in [3.05, 3.63) is 23.8 Å². The maximum absolute atomic E-state index is 8.85. The van der Waals surface area contributed by atoms with Crippen molar-refractivity contribution in [2.45, 2.75) is 39.2 Å². The molecular formula is C13H19N3. The van der Waals surface area contributed by atoms with Crippen molar-refractivity contribution in [1.29, 1.82) is 5.26 Å². The van der Waals surface area contributed by atoms with Crippen LogP contribution in [-0.2, 0) is 0 Å². The van der Waals surface area contributed by atoms with Gasteiger partial charge in [0.1, 0.15) is 0 Å². The van der Waals surface area contributed by atoms with Gasteiger partial charge < -0.3 is 11.1 Å².